The smallest absolute Gasteiger partial charge is 0.290 e. The van der Waals surface area contributed by atoms with Crippen LogP contribution in [0, 0.1) is 13.8 Å². The monoisotopic (exact) mass is 321 g/mol. The molecule has 0 atom stereocenters. The number of furan rings is 1. The number of ether oxygens (including phenoxy) is 1. The summed E-state index contributed by atoms with van der Waals surface area (Å²) in [7, 11) is 0. The maximum absolute atomic E-state index is 12.7. The molecular formula is C20H19NO3. The van der Waals surface area contributed by atoms with E-state index >= 15 is 0 Å². The molecule has 4 heteroatoms. The minimum atomic E-state index is -0.0609. The molecule has 122 valence electrons. The van der Waals surface area contributed by atoms with Crippen molar-refractivity contribution in [1.82, 2.24) is 4.90 Å². The van der Waals surface area contributed by atoms with E-state index < -0.39 is 0 Å². The molecule has 0 N–H and O–H groups in total. The van der Waals surface area contributed by atoms with Crippen molar-refractivity contribution in [3.05, 3.63) is 65.4 Å². The lowest BCUT2D eigenvalue weighted by molar-refractivity contribution is 0.0156. The van der Waals surface area contributed by atoms with Gasteiger partial charge in [0.05, 0.1) is 13.1 Å². The fourth-order valence-electron chi connectivity index (χ4n) is 3.05. The molecule has 1 aliphatic rings. The van der Waals surface area contributed by atoms with Crippen molar-refractivity contribution in [2.24, 2.45) is 0 Å². The summed E-state index contributed by atoms with van der Waals surface area (Å²) < 4.78 is 11.7. The second-order valence-corrected chi connectivity index (χ2v) is 6.32. The Bertz CT molecular complexity index is 892. The van der Waals surface area contributed by atoms with Gasteiger partial charge in [-0.1, -0.05) is 30.3 Å². The Morgan fingerprint density at radius 1 is 1.12 bits per heavy atom. The second kappa shape index (κ2) is 5.71. The van der Waals surface area contributed by atoms with Crippen LogP contribution in [0.15, 0.2) is 52.9 Å². The standard InChI is InChI=1S/C20H19NO3/c1-13-8-9-17-14(2)19(24-18(17)10-13)20(22)21-11-16(12-21)23-15-6-4-3-5-7-15/h3-10,16H,11-12H2,1-2H3. The first-order valence-electron chi connectivity index (χ1n) is 8.12. The van der Waals surface area contributed by atoms with Crippen LogP contribution >= 0.6 is 0 Å². The fraction of sp³-hybridized carbons (Fsp3) is 0.250. The van der Waals surface area contributed by atoms with Crippen molar-refractivity contribution in [3.8, 4) is 5.75 Å². The average molecular weight is 321 g/mol. The normalized spacial score (nSPS) is 14.7. The van der Waals surface area contributed by atoms with Gasteiger partial charge in [0.25, 0.3) is 5.91 Å². The largest absolute Gasteiger partial charge is 0.487 e. The fourth-order valence-corrected chi connectivity index (χ4v) is 3.05. The molecule has 2 heterocycles. The van der Waals surface area contributed by atoms with Crippen LogP contribution in [0.1, 0.15) is 21.7 Å². The van der Waals surface area contributed by atoms with E-state index in [1.807, 2.05) is 62.4 Å². The van der Waals surface area contributed by atoms with Crippen LogP contribution in [-0.4, -0.2) is 30.0 Å². The van der Waals surface area contributed by atoms with Gasteiger partial charge in [0.15, 0.2) is 5.76 Å². The van der Waals surface area contributed by atoms with Crippen molar-refractivity contribution in [3.63, 3.8) is 0 Å². The van der Waals surface area contributed by atoms with E-state index in [4.69, 9.17) is 9.15 Å². The molecule has 4 rings (SSSR count). The Labute approximate surface area is 140 Å². The van der Waals surface area contributed by atoms with Crippen LogP contribution in [0.25, 0.3) is 11.0 Å². The van der Waals surface area contributed by atoms with Crippen molar-refractivity contribution < 1.29 is 13.9 Å². The molecule has 1 aromatic heterocycles. The van der Waals surface area contributed by atoms with Crippen molar-refractivity contribution in [1.29, 1.82) is 0 Å². The Hall–Kier alpha value is -2.75. The predicted octanol–water partition coefficient (Wildman–Crippen LogP) is 3.95. The number of likely N-dealkylation sites (tertiary alicyclic amines) is 1. The van der Waals surface area contributed by atoms with Gasteiger partial charge in [0, 0.05) is 10.9 Å². The first-order chi connectivity index (χ1) is 11.6. The first-order valence-corrected chi connectivity index (χ1v) is 8.12. The number of benzene rings is 2. The number of fused-ring (bicyclic) bond motifs is 1. The highest BCUT2D eigenvalue weighted by atomic mass is 16.5. The lowest BCUT2D eigenvalue weighted by Crippen LogP contribution is -2.56. The van der Waals surface area contributed by atoms with E-state index in [1.54, 1.807) is 4.90 Å². The number of hydrogen-bond donors (Lipinski definition) is 0. The number of rotatable bonds is 3. The quantitative estimate of drug-likeness (QED) is 0.733. The molecule has 0 saturated carbocycles. The number of aryl methyl sites for hydroxylation is 2. The maximum atomic E-state index is 12.7. The van der Waals surface area contributed by atoms with Crippen LogP contribution in [0.3, 0.4) is 0 Å². The van der Waals surface area contributed by atoms with E-state index in [0.717, 1.165) is 27.8 Å². The number of amides is 1. The summed E-state index contributed by atoms with van der Waals surface area (Å²) in [6, 6.07) is 15.7. The topological polar surface area (TPSA) is 42.7 Å². The molecule has 1 amide bonds. The summed E-state index contributed by atoms with van der Waals surface area (Å²) in [6.07, 6.45) is 0.0447. The highest BCUT2D eigenvalue weighted by molar-refractivity contribution is 5.99. The Morgan fingerprint density at radius 3 is 2.62 bits per heavy atom. The van der Waals surface area contributed by atoms with Crippen molar-refractivity contribution >= 4 is 16.9 Å². The predicted molar refractivity (Wildman–Crippen MR) is 92.4 cm³/mol. The van der Waals surface area contributed by atoms with Crippen LogP contribution < -0.4 is 4.74 Å². The summed E-state index contributed by atoms with van der Waals surface area (Å²) in [5, 5.41) is 1.00. The number of hydrogen-bond acceptors (Lipinski definition) is 3. The van der Waals surface area contributed by atoms with Gasteiger partial charge in [-0.05, 0) is 37.6 Å². The van der Waals surface area contributed by atoms with Gasteiger partial charge in [0.1, 0.15) is 17.4 Å². The van der Waals surface area contributed by atoms with E-state index in [0.29, 0.717) is 18.8 Å². The van der Waals surface area contributed by atoms with Crippen molar-refractivity contribution in [2.75, 3.05) is 13.1 Å². The van der Waals surface area contributed by atoms with E-state index in [1.165, 1.54) is 0 Å². The molecule has 0 unspecified atom stereocenters. The summed E-state index contributed by atoms with van der Waals surface area (Å²) in [5.41, 5.74) is 2.80. The van der Waals surface area contributed by atoms with Crippen LogP contribution in [0.5, 0.6) is 5.75 Å². The molecule has 0 radical (unpaired) electrons. The maximum Gasteiger partial charge on any atom is 0.290 e. The zero-order chi connectivity index (χ0) is 16.7. The Kier molecular flexibility index (Phi) is 3.53. The third-order valence-electron chi connectivity index (χ3n) is 4.47. The average Bonchev–Trinajstić information content (AvgIpc) is 2.87. The minimum absolute atomic E-state index is 0.0447. The summed E-state index contributed by atoms with van der Waals surface area (Å²) in [6.45, 7) is 5.12. The van der Waals surface area contributed by atoms with Gasteiger partial charge < -0.3 is 14.1 Å². The summed E-state index contributed by atoms with van der Waals surface area (Å²) >= 11 is 0. The minimum Gasteiger partial charge on any atom is -0.487 e. The zero-order valence-electron chi connectivity index (χ0n) is 13.8. The molecule has 0 bridgehead atoms. The Balaban J connectivity index is 1.47. The third kappa shape index (κ3) is 2.54. The summed E-state index contributed by atoms with van der Waals surface area (Å²) in [5.74, 6) is 1.22. The third-order valence-corrected chi connectivity index (χ3v) is 4.47. The van der Waals surface area contributed by atoms with Gasteiger partial charge in [0.2, 0.25) is 0 Å². The van der Waals surface area contributed by atoms with E-state index in [9.17, 15) is 4.79 Å². The molecule has 3 aromatic rings. The molecule has 1 fully saturated rings. The highest BCUT2D eigenvalue weighted by Gasteiger charge is 2.35. The molecule has 0 spiro atoms. The molecule has 1 aliphatic heterocycles. The number of carbonyl (C=O) groups is 1. The Morgan fingerprint density at radius 2 is 1.88 bits per heavy atom. The lowest BCUT2D eigenvalue weighted by Gasteiger charge is -2.38. The van der Waals surface area contributed by atoms with Gasteiger partial charge >= 0.3 is 0 Å². The second-order valence-electron chi connectivity index (χ2n) is 6.32. The van der Waals surface area contributed by atoms with Crippen LogP contribution in [-0.2, 0) is 0 Å². The molecular weight excluding hydrogens is 302 g/mol. The van der Waals surface area contributed by atoms with Gasteiger partial charge in [-0.25, -0.2) is 0 Å². The van der Waals surface area contributed by atoms with Gasteiger partial charge in [-0.15, -0.1) is 0 Å². The number of nitrogens with zero attached hydrogens (tertiary/aromatic N) is 1. The SMILES string of the molecule is Cc1ccc2c(C)c(C(=O)N3CC(Oc4ccccc4)C3)oc2c1. The van der Waals surface area contributed by atoms with Crippen LogP contribution in [0.2, 0.25) is 0 Å². The number of carbonyl (C=O) groups excluding carboxylic acids is 1. The van der Waals surface area contributed by atoms with E-state index in [2.05, 4.69) is 0 Å². The van der Waals surface area contributed by atoms with Gasteiger partial charge in [-0.2, -0.15) is 0 Å². The molecule has 4 nitrogen and oxygen atoms in total. The molecule has 1 saturated heterocycles. The van der Waals surface area contributed by atoms with Crippen LogP contribution in [0.4, 0.5) is 0 Å². The lowest BCUT2D eigenvalue weighted by atomic mass is 10.1. The number of para-hydroxylation sites is 1. The van der Waals surface area contributed by atoms with Gasteiger partial charge in [-0.3, -0.25) is 4.79 Å². The molecule has 0 aliphatic carbocycles. The van der Waals surface area contributed by atoms with Crippen molar-refractivity contribution in [2.45, 2.75) is 20.0 Å². The zero-order valence-corrected chi connectivity index (χ0v) is 13.8. The van der Waals surface area contributed by atoms with E-state index in [-0.39, 0.29) is 12.0 Å². The summed E-state index contributed by atoms with van der Waals surface area (Å²) in [4.78, 5) is 14.4. The molecule has 2 aromatic carbocycles. The highest BCUT2D eigenvalue weighted by Crippen LogP contribution is 2.28. The first kappa shape index (κ1) is 14.8. The molecule has 24 heavy (non-hydrogen) atoms.